The SMILES string of the molecule is COc1ccc(CCNC(=O)COC(=O)CCc2c(C)nn(C)c2C)cc1OC. The van der Waals surface area contributed by atoms with Gasteiger partial charge in [0.25, 0.3) is 5.91 Å². The van der Waals surface area contributed by atoms with Gasteiger partial charge in [0.2, 0.25) is 0 Å². The van der Waals surface area contributed by atoms with Crippen molar-refractivity contribution in [2.75, 3.05) is 27.4 Å². The number of hydrogen-bond donors (Lipinski definition) is 1. The minimum Gasteiger partial charge on any atom is -0.493 e. The summed E-state index contributed by atoms with van der Waals surface area (Å²) in [6.07, 6.45) is 1.39. The normalized spacial score (nSPS) is 10.5. The molecule has 0 aliphatic heterocycles. The van der Waals surface area contributed by atoms with E-state index in [2.05, 4.69) is 10.4 Å². The van der Waals surface area contributed by atoms with Crippen LogP contribution in [-0.2, 0) is 34.2 Å². The Bertz CT molecular complexity index is 860. The molecule has 8 nitrogen and oxygen atoms in total. The van der Waals surface area contributed by atoms with E-state index in [-0.39, 0.29) is 18.9 Å². The van der Waals surface area contributed by atoms with Crippen molar-refractivity contribution in [2.24, 2.45) is 7.05 Å². The fourth-order valence-corrected chi connectivity index (χ4v) is 3.06. The zero-order valence-corrected chi connectivity index (χ0v) is 17.7. The van der Waals surface area contributed by atoms with Crippen LogP contribution in [0.2, 0.25) is 0 Å². The summed E-state index contributed by atoms with van der Waals surface area (Å²) in [5.41, 5.74) is 3.99. The van der Waals surface area contributed by atoms with Gasteiger partial charge in [0.15, 0.2) is 18.1 Å². The maximum absolute atomic E-state index is 11.9. The largest absolute Gasteiger partial charge is 0.493 e. The van der Waals surface area contributed by atoms with Crippen LogP contribution in [-0.4, -0.2) is 49.0 Å². The van der Waals surface area contributed by atoms with Crippen molar-refractivity contribution in [1.29, 1.82) is 0 Å². The van der Waals surface area contributed by atoms with Gasteiger partial charge in [0.05, 0.1) is 19.9 Å². The molecule has 1 aromatic heterocycles. The van der Waals surface area contributed by atoms with Crippen LogP contribution in [0.4, 0.5) is 0 Å². The molecule has 0 radical (unpaired) electrons. The highest BCUT2D eigenvalue weighted by Gasteiger charge is 2.13. The zero-order chi connectivity index (χ0) is 21.4. The number of esters is 1. The average Bonchev–Trinajstić information content (AvgIpc) is 2.95. The molecule has 158 valence electrons. The lowest BCUT2D eigenvalue weighted by Gasteiger charge is -2.10. The average molecular weight is 403 g/mol. The van der Waals surface area contributed by atoms with Crippen molar-refractivity contribution in [3.05, 3.63) is 40.7 Å². The molecule has 0 fully saturated rings. The smallest absolute Gasteiger partial charge is 0.306 e. The Morgan fingerprint density at radius 3 is 2.45 bits per heavy atom. The number of nitrogens with one attached hydrogen (secondary N) is 1. The number of aryl methyl sites for hydroxylation is 2. The van der Waals surface area contributed by atoms with Crippen LogP contribution in [0.1, 0.15) is 28.9 Å². The van der Waals surface area contributed by atoms with Gasteiger partial charge in [-0.1, -0.05) is 6.07 Å². The second-order valence-corrected chi connectivity index (χ2v) is 6.72. The second-order valence-electron chi connectivity index (χ2n) is 6.72. The molecule has 0 unspecified atom stereocenters. The van der Waals surface area contributed by atoms with E-state index in [9.17, 15) is 9.59 Å². The third kappa shape index (κ3) is 6.23. The van der Waals surface area contributed by atoms with Crippen LogP contribution >= 0.6 is 0 Å². The maximum Gasteiger partial charge on any atom is 0.306 e. The van der Waals surface area contributed by atoms with Crippen LogP contribution < -0.4 is 14.8 Å². The van der Waals surface area contributed by atoms with E-state index in [1.165, 1.54) is 0 Å². The molecular weight excluding hydrogens is 374 g/mol. The molecule has 8 heteroatoms. The summed E-state index contributed by atoms with van der Waals surface area (Å²) in [5, 5.41) is 7.07. The predicted octanol–water partition coefficient (Wildman–Crippen LogP) is 1.89. The van der Waals surface area contributed by atoms with E-state index in [1.807, 2.05) is 39.1 Å². The summed E-state index contributed by atoms with van der Waals surface area (Å²) in [5.74, 6) is 0.573. The van der Waals surface area contributed by atoms with Gasteiger partial charge < -0.3 is 19.5 Å². The van der Waals surface area contributed by atoms with Gasteiger partial charge in [-0.3, -0.25) is 14.3 Å². The molecule has 1 heterocycles. The number of carbonyl (C=O) groups is 2. The Morgan fingerprint density at radius 2 is 1.83 bits per heavy atom. The molecule has 29 heavy (non-hydrogen) atoms. The van der Waals surface area contributed by atoms with Gasteiger partial charge in [-0.25, -0.2) is 0 Å². The number of rotatable bonds is 10. The molecule has 0 spiro atoms. The first-order chi connectivity index (χ1) is 13.8. The molecule has 0 aliphatic carbocycles. The standard InChI is InChI=1S/C21H29N3O5/c1-14-17(15(2)24(3)23-14)7-9-21(26)29-13-20(25)22-11-10-16-6-8-18(27-4)19(12-16)28-5/h6,8,12H,7,9-11,13H2,1-5H3,(H,22,25). The van der Waals surface area contributed by atoms with Crippen LogP contribution in [0, 0.1) is 13.8 Å². The van der Waals surface area contributed by atoms with Crippen LogP contribution in [0.25, 0.3) is 0 Å². The molecule has 0 aliphatic rings. The summed E-state index contributed by atoms with van der Waals surface area (Å²) in [7, 11) is 5.03. The maximum atomic E-state index is 11.9. The zero-order valence-electron chi connectivity index (χ0n) is 17.7. The van der Waals surface area contributed by atoms with Crippen molar-refractivity contribution in [1.82, 2.24) is 15.1 Å². The number of amides is 1. The van der Waals surface area contributed by atoms with Crippen LogP contribution in [0.15, 0.2) is 18.2 Å². The van der Waals surface area contributed by atoms with E-state index < -0.39 is 5.97 Å². The molecule has 1 amide bonds. The highest BCUT2D eigenvalue weighted by atomic mass is 16.5. The fraction of sp³-hybridized carbons (Fsp3) is 0.476. The number of ether oxygens (including phenoxy) is 3. The first-order valence-electron chi connectivity index (χ1n) is 9.48. The van der Waals surface area contributed by atoms with Crippen LogP contribution in [0.5, 0.6) is 11.5 Å². The van der Waals surface area contributed by atoms with E-state index in [0.29, 0.717) is 30.9 Å². The van der Waals surface area contributed by atoms with Crippen molar-refractivity contribution >= 4 is 11.9 Å². The van der Waals surface area contributed by atoms with Gasteiger partial charge in [0, 0.05) is 25.7 Å². The quantitative estimate of drug-likeness (QED) is 0.609. The molecule has 0 bridgehead atoms. The first kappa shape index (κ1) is 22.3. The highest BCUT2D eigenvalue weighted by molar-refractivity contribution is 5.80. The molecule has 1 N–H and O–H groups in total. The third-order valence-corrected chi connectivity index (χ3v) is 4.79. The molecule has 2 rings (SSSR count). The number of hydrogen-bond acceptors (Lipinski definition) is 6. The van der Waals surface area contributed by atoms with Gasteiger partial charge in [0.1, 0.15) is 0 Å². The third-order valence-electron chi connectivity index (χ3n) is 4.79. The summed E-state index contributed by atoms with van der Waals surface area (Å²) in [6, 6.07) is 5.60. The molecule has 1 aromatic carbocycles. The molecule has 2 aromatic rings. The van der Waals surface area contributed by atoms with Crippen molar-refractivity contribution in [3.8, 4) is 11.5 Å². The van der Waals surface area contributed by atoms with Crippen LogP contribution in [0.3, 0.4) is 0 Å². The first-order valence-corrected chi connectivity index (χ1v) is 9.48. The molecular formula is C21H29N3O5. The number of nitrogens with zero attached hydrogens (tertiary/aromatic N) is 2. The Balaban J connectivity index is 1.69. The lowest BCUT2D eigenvalue weighted by atomic mass is 10.1. The fourth-order valence-electron chi connectivity index (χ4n) is 3.06. The Kier molecular flexibility index (Phi) is 8.06. The summed E-state index contributed by atoms with van der Waals surface area (Å²) in [4.78, 5) is 23.8. The van der Waals surface area contributed by atoms with Gasteiger partial charge >= 0.3 is 5.97 Å². The lowest BCUT2D eigenvalue weighted by molar-refractivity contribution is -0.148. The summed E-state index contributed by atoms with van der Waals surface area (Å²) >= 11 is 0. The number of aromatic nitrogens is 2. The Hall–Kier alpha value is -3.03. The second kappa shape index (κ2) is 10.5. The minimum absolute atomic E-state index is 0.215. The predicted molar refractivity (Wildman–Crippen MR) is 108 cm³/mol. The van der Waals surface area contributed by atoms with Gasteiger partial charge in [-0.15, -0.1) is 0 Å². The van der Waals surface area contributed by atoms with Gasteiger partial charge in [-0.2, -0.15) is 5.10 Å². The topological polar surface area (TPSA) is 91.7 Å². The summed E-state index contributed by atoms with van der Waals surface area (Å²) < 4.78 is 17.3. The van der Waals surface area contributed by atoms with E-state index in [1.54, 1.807) is 18.9 Å². The Morgan fingerprint density at radius 1 is 1.10 bits per heavy atom. The highest BCUT2D eigenvalue weighted by Crippen LogP contribution is 2.27. The number of benzene rings is 1. The van der Waals surface area contributed by atoms with Gasteiger partial charge in [-0.05, 0) is 49.9 Å². The Labute approximate surface area is 171 Å². The molecule has 0 saturated heterocycles. The number of carbonyl (C=O) groups excluding carboxylic acids is 2. The van der Waals surface area contributed by atoms with E-state index in [0.717, 1.165) is 22.5 Å². The number of methoxy groups -OCH3 is 2. The summed E-state index contributed by atoms with van der Waals surface area (Å²) in [6.45, 7) is 4.03. The van der Waals surface area contributed by atoms with Crippen molar-refractivity contribution in [3.63, 3.8) is 0 Å². The monoisotopic (exact) mass is 403 g/mol. The van der Waals surface area contributed by atoms with E-state index in [4.69, 9.17) is 14.2 Å². The van der Waals surface area contributed by atoms with E-state index >= 15 is 0 Å². The van der Waals surface area contributed by atoms with Crippen molar-refractivity contribution < 1.29 is 23.8 Å². The molecule has 0 atom stereocenters. The van der Waals surface area contributed by atoms with Crippen molar-refractivity contribution in [2.45, 2.75) is 33.1 Å². The lowest BCUT2D eigenvalue weighted by Crippen LogP contribution is -2.30. The molecule has 0 saturated carbocycles. The minimum atomic E-state index is -0.400.